The predicted octanol–water partition coefficient (Wildman–Crippen LogP) is -3.52. The number of nitrogens with two attached hydrogens (primary N) is 1. The molecular weight excluding hydrogens is 452 g/mol. The third-order valence-electron chi connectivity index (χ3n) is 7.46. The SMILES string of the molecule is CN(C)[C@H]1C(=O)C(C(N)=O)C(=O)[C@]2(O)C(=O)C3C(=O)c4c(O)cccc4C(O)(CO)[C@@H]3[C@@H](O)[C@H]12. The second-order valence-electron chi connectivity index (χ2n) is 9.31. The van der Waals surface area contributed by atoms with Gasteiger partial charge in [0.2, 0.25) is 5.91 Å². The zero-order chi connectivity index (χ0) is 25.5. The van der Waals surface area contributed by atoms with Crippen LogP contribution >= 0.6 is 0 Å². The second-order valence-corrected chi connectivity index (χ2v) is 9.31. The number of hydrogen-bond acceptors (Lipinski definition) is 11. The smallest absolute Gasteiger partial charge is 0.235 e. The summed E-state index contributed by atoms with van der Waals surface area (Å²) in [7, 11) is 2.69. The molecule has 12 nitrogen and oxygen atoms in total. The first-order valence-electron chi connectivity index (χ1n) is 10.4. The first kappa shape index (κ1) is 24.1. The van der Waals surface area contributed by atoms with Gasteiger partial charge in [0, 0.05) is 11.5 Å². The number of carbonyl (C=O) groups is 5. The van der Waals surface area contributed by atoms with E-state index in [1.807, 2.05) is 0 Å². The summed E-state index contributed by atoms with van der Waals surface area (Å²) < 4.78 is 0. The Morgan fingerprint density at radius 3 is 2.24 bits per heavy atom. The summed E-state index contributed by atoms with van der Waals surface area (Å²) in [6.45, 7) is -1.11. The molecule has 0 spiro atoms. The first-order valence-corrected chi connectivity index (χ1v) is 10.4. The molecule has 3 aliphatic carbocycles. The molecule has 34 heavy (non-hydrogen) atoms. The average Bonchev–Trinajstić information content (AvgIpc) is 2.76. The second kappa shape index (κ2) is 7.48. The van der Waals surface area contributed by atoms with Crippen molar-refractivity contribution in [3.05, 3.63) is 29.3 Å². The van der Waals surface area contributed by atoms with Crippen LogP contribution in [0.15, 0.2) is 18.2 Å². The van der Waals surface area contributed by atoms with Crippen LogP contribution in [-0.2, 0) is 24.8 Å². The molecular formula is C22H24N2O10. The van der Waals surface area contributed by atoms with E-state index in [-0.39, 0.29) is 5.56 Å². The fourth-order valence-corrected chi connectivity index (χ4v) is 6.00. The Balaban J connectivity index is 2.03. The molecule has 2 fully saturated rings. The van der Waals surface area contributed by atoms with Gasteiger partial charge in [-0.3, -0.25) is 28.9 Å². The number of Topliss-reactive ketones (excluding diaryl/α,β-unsaturated/α-hetero) is 4. The van der Waals surface area contributed by atoms with Crippen LogP contribution in [-0.4, -0.2) is 97.9 Å². The lowest BCUT2D eigenvalue weighted by atomic mass is 9.48. The molecule has 3 unspecified atom stereocenters. The third kappa shape index (κ3) is 2.68. The van der Waals surface area contributed by atoms with E-state index in [0.29, 0.717) is 0 Å². The molecule has 0 bridgehead atoms. The van der Waals surface area contributed by atoms with Gasteiger partial charge in [-0.25, -0.2) is 0 Å². The first-order chi connectivity index (χ1) is 15.8. The van der Waals surface area contributed by atoms with Crippen molar-refractivity contribution in [2.45, 2.75) is 23.3 Å². The number of primary amides is 1. The van der Waals surface area contributed by atoms with Crippen LogP contribution in [0.5, 0.6) is 5.75 Å². The number of aliphatic hydroxyl groups excluding tert-OH is 2. The molecule has 0 heterocycles. The molecule has 0 aliphatic heterocycles. The van der Waals surface area contributed by atoms with Crippen LogP contribution in [0, 0.1) is 23.7 Å². The van der Waals surface area contributed by atoms with Crippen molar-refractivity contribution in [2.75, 3.05) is 20.7 Å². The highest BCUT2D eigenvalue weighted by molar-refractivity contribution is 6.32. The van der Waals surface area contributed by atoms with Crippen LogP contribution in [0.2, 0.25) is 0 Å². The van der Waals surface area contributed by atoms with Crippen LogP contribution in [0.1, 0.15) is 15.9 Å². The molecule has 1 aromatic rings. The number of ketones is 4. The Kier molecular flexibility index (Phi) is 5.31. The van der Waals surface area contributed by atoms with Gasteiger partial charge in [-0.05, 0) is 20.2 Å². The number of aliphatic hydroxyl groups is 4. The summed E-state index contributed by atoms with van der Waals surface area (Å²) in [5.41, 5.74) is -1.20. The van der Waals surface area contributed by atoms with Gasteiger partial charge in [-0.1, -0.05) is 12.1 Å². The summed E-state index contributed by atoms with van der Waals surface area (Å²) in [4.78, 5) is 66.4. The van der Waals surface area contributed by atoms with Gasteiger partial charge in [-0.15, -0.1) is 0 Å². The van der Waals surface area contributed by atoms with Crippen molar-refractivity contribution < 1.29 is 49.5 Å². The summed E-state index contributed by atoms with van der Waals surface area (Å²) in [6, 6.07) is 2.03. The topological polar surface area (TPSA) is 216 Å². The Hall–Kier alpha value is -3.03. The number of hydrogen-bond donors (Lipinski definition) is 6. The monoisotopic (exact) mass is 476 g/mol. The van der Waals surface area contributed by atoms with E-state index in [4.69, 9.17) is 5.73 Å². The molecule has 3 aliphatic rings. The van der Waals surface area contributed by atoms with Gasteiger partial charge in [0.1, 0.15) is 11.4 Å². The lowest BCUT2D eigenvalue weighted by molar-refractivity contribution is -0.216. The van der Waals surface area contributed by atoms with Gasteiger partial charge >= 0.3 is 0 Å². The lowest BCUT2D eigenvalue weighted by Crippen LogP contribution is -2.79. The summed E-state index contributed by atoms with van der Waals surface area (Å²) >= 11 is 0. The number of phenolic OH excluding ortho intramolecular Hbond substituents is 1. The number of phenols is 1. The normalized spacial score (nSPS) is 39.5. The third-order valence-corrected chi connectivity index (χ3v) is 7.46. The Bertz CT molecular complexity index is 1150. The number of rotatable bonds is 3. The van der Waals surface area contributed by atoms with Crippen molar-refractivity contribution in [3.8, 4) is 5.75 Å². The number of amides is 1. The van der Waals surface area contributed by atoms with Crippen molar-refractivity contribution >= 4 is 29.0 Å². The minimum atomic E-state index is -3.18. The molecule has 12 heteroatoms. The molecule has 7 N–H and O–H groups in total. The van der Waals surface area contributed by atoms with Gasteiger partial charge in [-0.2, -0.15) is 0 Å². The Morgan fingerprint density at radius 1 is 1.09 bits per heavy atom. The highest BCUT2D eigenvalue weighted by Crippen LogP contribution is 2.55. The number of benzene rings is 1. The van der Waals surface area contributed by atoms with Gasteiger partial charge in [0.05, 0.1) is 36.2 Å². The van der Waals surface area contributed by atoms with Crippen LogP contribution in [0.3, 0.4) is 0 Å². The van der Waals surface area contributed by atoms with Crippen LogP contribution in [0.4, 0.5) is 0 Å². The number of likely N-dealkylation sites (N-methyl/N-ethyl adjacent to an activating group) is 1. The molecule has 8 atom stereocenters. The Labute approximate surface area is 192 Å². The molecule has 1 aromatic carbocycles. The highest BCUT2D eigenvalue weighted by atomic mass is 16.3. The van der Waals surface area contributed by atoms with E-state index < -0.39 is 94.0 Å². The molecule has 0 aromatic heterocycles. The van der Waals surface area contributed by atoms with E-state index in [0.717, 1.165) is 6.07 Å². The summed E-state index contributed by atoms with van der Waals surface area (Å²) in [6.07, 6.45) is -2.06. The minimum Gasteiger partial charge on any atom is -0.507 e. The fourth-order valence-electron chi connectivity index (χ4n) is 6.00. The number of nitrogens with zero attached hydrogens (tertiary/aromatic N) is 1. The maximum atomic E-state index is 13.7. The number of fused-ring (bicyclic) bond motifs is 3. The highest BCUT2D eigenvalue weighted by Gasteiger charge is 2.75. The van der Waals surface area contributed by atoms with E-state index in [9.17, 15) is 49.5 Å². The predicted molar refractivity (Wildman–Crippen MR) is 110 cm³/mol. The van der Waals surface area contributed by atoms with Crippen LogP contribution in [0.25, 0.3) is 0 Å². The van der Waals surface area contributed by atoms with Crippen LogP contribution < -0.4 is 5.73 Å². The number of carbonyl (C=O) groups excluding carboxylic acids is 5. The molecule has 182 valence electrons. The maximum absolute atomic E-state index is 13.7. The van der Waals surface area contributed by atoms with Crippen molar-refractivity contribution in [1.82, 2.24) is 4.90 Å². The standard InChI is InChI=1S/C22H24N2O10/c1-24(2)14-13-17(29)12-10(18(30)22(13,34)19(31)11(16(14)28)20(23)32)15(27)9-7(21(12,33)6-25)4-3-5-8(9)26/h3-5,10-14,17,25-26,29,33-34H,6H2,1-2H3,(H2,23,32)/t10?,11?,12-,13-,14+,17+,21?,22+/m0/s1. The molecule has 4 rings (SSSR count). The van der Waals surface area contributed by atoms with E-state index in [1.165, 1.54) is 31.1 Å². The fraction of sp³-hybridized carbons (Fsp3) is 0.500. The quantitative estimate of drug-likeness (QED) is 0.235. The molecule has 0 saturated heterocycles. The van der Waals surface area contributed by atoms with E-state index in [2.05, 4.69) is 0 Å². The van der Waals surface area contributed by atoms with Crippen molar-refractivity contribution in [2.24, 2.45) is 29.4 Å². The molecule has 1 amide bonds. The number of aromatic hydroxyl groups is 1. The van der Waals surface area contributed by atoms with E-state index in [1.54, 1.807) is 0 Å². The minimum absolute atomic E-state index is 0.261. The van der Waals surface area contributed by atoms with Crippen molar-refractivity contribution in [3.63, 3.8) is 0 Å². The average molecular weight is 476 g/mol. The van der Waals surface area contributed by atoms with Gasteiger partial charge in [0.15, 0.2) is 34.7 Å². The van der Waals surface area contributed by atoms with Gasteiger partial charge in [0.25, 0.3) is 0 Å². The summed E-state index contributed by atoms with van der Waals surface area (Å²) in [5.74, 6) is -15.2. The Morgan fingerprint density at radius 2 is 1.71 bits per heavy atom. The lowest BCUT2D eigenvalue weighted by Gasteiger charge is -2.57. The maximum Gasteiger partial charge on any atom is 0.235 e. The van der Waals surface area contributed by atoms with E-state index >= 15 is 0 Å². The molecule has 0 radical (unpaired) electrons. The summed E-state index contributed by atoms with van der Waals surface area (Å²) in [5, 5.41) is 54.7. The largest absolute Gasteiger partial charge is 0.507 e. The zero-order valence-electron chi connectivity index (χ0n) is 18.2. The molecule has 2 saturated carbocycles. The van der Waals surface area contributed by atoms with Crippen molar-refractivity contribution in [1.29, 1.82) is 0 Å². The van der Waals surface area contributed by atoms with Gasteiger partial charge < -0.3 is 31.3 Å². The zero-order valence-corrected chi connectivity index (χ0v) is 18.2.